The lowest BCUT2D eigenvalue weighted by molar-refractivity contribution is 0.0925. The van der Waals surface area contributed by atoms with Gasteiger partial charge in [-0.1, -0.05) is 17.7 Å². The van der Waals surface area contributed by atoms with Crippen molar-refractivity contribution in [2.75, 3.05) is 5.32 Å². The van der Waals surface area contributed by atoms with Crippen LogP contribution in [0, 0.1) is 5.82 Å². The number of rotatable bonds is 4. The summed E-state index contributed by atoms with van der Waals surface area (Å²) < 4.78 is 13.3. The van der Waals surface area contributed by atoms with Crippen LogP contribution < -0.4 is 16.4 Å². The van der Waals surface area contributed by atoms with Gasteiger partial charge in [-0.15, -0.1) is 0 Å². The van der Waals surface area contributed by atoms with E-state index in [-0.39, 0.29) is 23.6 Å². The molecule has 2 aromatic rings. The van der Waals surface area contributed by atoms with Crippen molar-refractivity contribution in [1.82, 2.24) is 5.32 Å². The smallest absolute Gasteiger partial charge is 0.255 e. The molecule has 0 aliphatic heterocycles. The minimum absolute atomic E-state index is 0.0957. The van der Waals surface area contributed by atoms with Crippen LogP contribution in [0.1, 0.15) is 46.4 Å². The van der Waals surface area contributed by atoms with Crippen molar-refractivity contribution in [3.05, 3.63) is 64.4 Å². The molecule has 7 heteroatoms. The van der Waals surface area contributed by atoms with E-state index in [1.165, 1.54) is 24.3 Å². The Bertz CT molecular complexity index is 851. The lowest BCUT2D eigenvalue weighted by atomic mass is 9.91. The second-order valence-corrected chi connectivity index (χ2v) is 7.15. The third-order valence-corrected chi connectivity index (χ3v) is 5.00. The van der Waals surface area contributed by atoms with E-state index in [1.54, 1.807) is 12.1 Å². The first-order chi connectivity index (χ1) is 12.9. The first kappa shape index (κ1) is 19.3. The zero-order chi connectivity index (χ0) is 19.4. The van der Waals surface area contributed by atoms with E-state index < -0.39 is 11.7 Å². The lowest BCUT2D eigenvalue weighted by Gasteiger charge is -2.26. The molecule has 4 N–H and O–H groups in total. The van der Waals surface area contributed by atoms with Gasteiger partial charge in [-0.2, -0.15) is 0 Å². The molecule has 1 saturated carbocycles. The van der Waals surface area contributed by atoms with E-state index in [4.69, 9.17) is 17.3 Å². The van der Waals surface area contributed by atoms with E-state index in [9.17, 15) is 14.0 Å². The second-order valence-electron chi connectivity index (χ2n) is 6.74. The zero-order valence-electron chi connectivity index (χ0n) is 14.7. The van der Waals surface area contributed by atoms with Gasteiger partial charge in [0.25, 0.3) is 11.8 Å². The zero-order valence-corrected chi connectivity index (χ0v) is 15.4. The molecule has 0 aromatic heterocycles. The van der Waals surface area contributed by atoms with Gasteiger partial charge in [0.1, 0.15) is 5.82 Å². The van der Waals surface area contributed by atoms with E-state index in [1.807, 2.05) is 0 Å². The highest BCUT2D eigenvalue weighted by Crippen LogP contribution is 2.24. The predicted octanol–water partition coefficient (Wildman–Crippen LogP) is 3.73. The fourth-order valence-corrected chi connectivity index (χ4v) is 3.28. The van der Waals surface area contributed by atoms with Crippen molar-refractivity contribution in [3.63, 3.8) is 0 Å². The van der Waals surface area contributed by atoms with Crippen LogP contribution in [-0.2, 0) is 0 Å². The number of carbonyl (C=O) groups excluding carboxylic acids is 2. The van der Waals surface area contributed by atoms with Crippen LogP contribution in [0.2, 0.25) is 5.02 Å². The monoisotopic (exact) mass is 389 g/mol. The number of carbonyl (C=O) groups is 2. The molecule has 2 aromatic carbocycles. The van der Waals surface area contributed by atoms with E-state index in [2.05, 4.69) is 10.6 Å². The maximum atomic E-state index is 13.3. The quantitative estimate of drug-likeness (QED) is 0.744. The molecule has 1 fully saturated rings. The van der Waals surface area contributed by atoms with Crippen molar-refractivity contribution < 1.29 is 14.0 Å². The molecule has 142 valence electrons. The van der Waals surface area contributed by atoms with E-state index >= 15 is 0 Å². The molecule has 0 unspecified atom stereocenters. The van der Waals surface area contributed by atoms with Crippen molar-refractivity contribution >= 4 is 29.1 Å². The molecular formula is C20H21ClFN3O2. The summed E-state index contributed by atoms with van der Waals surface area (Å²) in [6.07, 6.45) is 3.48. The van der Waals surface area contributed by atoms with E-state index in [0.29, 0.717) is 16.3 Å². The SMILES string of the molecule is NC1CCC(NC(=O)c2ccc(Cl)c(NC(=O)c3cccc(F)c3)c2)CC1. The fraction of sp³-hybridized carbons (Fsp3) is 0.300. The summed E-state index contributed by atoms with van der Waals surface area (Å²) in [5.74, 6) is -1.24. The van der Waals surface area contributed by atoms with Gasteiger partial charge in [-0.25, -0.2) is 4.39 Å². The van der Waals surface area contributed by atoms with Crippen LogP contribution in [0.5, 0.6) is 0 Å². The number of hydrogen-bond donors (Lipinski definition) is 3. The minimum atomic E-state index is -0.505. The highest BCUT2D eigenvalue weighted by molar-refractivity contribution is 6.34. The van der Waals surface area contributed by atoms with Gasteiger partial charge in [0.2, 0.25) is 0 Å². The third-order valence-electron chi connectivity index (χ3n) is 4.67. The average Bonchev–Trinajstić information content (AvgIpc) is 2.65. The Morgan fingerprint density at radius 1 is 1.00 bits per heavy atom. The number of hydrogen-bond acceptors (Lipinski definition) is 3. The number of amides is 2. The highest BCUT2D eigenvalue weighted by atomic mass is 35.5. The average molecular weight is 390 g/mol. The summed E-state index contributed by atoms with van der Waals surface area (Å²) in [5.41, 5.74) is 6.74. The summed E-state index contributed by atoms with van der Waals surface area (Å²) in [6, 6.07) is 10.3. The third kappa shape index (κ3) is 5.05. The molecule has 0 atom stereocenters. The molecule has 0 spiro atoms. The minimum Gasteiger partial charge on any atom is -0.349 e. The van der Waals surface area contributed by atoms with E-state index in [0.717, 1.165) is 31.7 Å². The van der Waals surface area contributed by atoms with Gasteiger partial charge in [0.15, 0.2) is 0 Å². The molecule has 5 nitrogen and oxygen atoms in total. The molecule has 2 amide bonds. The van der Waals surface area contributed by atoms with Gasteiger partial charge in [-0.05, 0) is 62.1 Å². The van der Waals surface area contributed by atoms with Gasteiger partial charge < -0.3 is 16.4 Å². The van der Waals surface area contributed by atoms with Gasteiger partial charge in [0.05, 0.1) is 10.7 Å². The summed E-state index contributed by atoms with van der Waals surface area (Å²) in [5, 5.41) is 5.91. The number of halogens is 2. The van der Waals surface area contributed by atoms with Crippen molar-refractivity contribution in [1.29, 1.82) is 0 Å². The number of nitrogens with two attached hydrogens (primary N) is 1. The largest absolute Gasteiger partial charge is 0.349 e. The molecule has 0 radical (unpaired) electrons. The van der Waals surface area contributed by atoms with Crippen LogP contribution in [0.25, 0.3) is 0 Å². The summed E-state index contributed by atoms with van der Waals surface area (Å²) in [4.78, 5) is 24.8. The van der Waals surface area contributed by atoms with Crippen LogP contribution in [0.3, 0.4) is 0 Å². The second kappa shape index (κ2) is 8.50. The maximum absolute atomic E-state index is 13.3. The summed E-state index contributed by atoms with van der Waals surface area (Å²) >= 11 is 6.14. The Balaban J connectivity index is 1.70. The lowest BCUT2D eigenvalue weighted by Crippen LogP contribution is -2.40. The topological polar surface area (TPSA) is 84.2 Å². The molecule has 0 bridgehead atoms. The molecule has 1 aliphatic carbocycles. The van der Waals surface area contributed by atoms with Crippen LogP contribution in [0.15, 0.2) is 42.5 Å². The van der Waals surface area contributed by atoms with Crippen molar-refractivity contribution in [2.45, 2.75) is 37.8 Å². The molecular weight excluding hydrogens is 369 g/mol. The molecule has 0 heterocycles. The molecule has 0 saturated heterocycles. The Morgan fingerprint density at radius 3 is 2.41 bits per heavy atom. The molecule has 3 rings (SSSR count). The van der Waals surface area contributed by atoms with Crippen LogP contribution >= 0.6 is 11.6 Å². The van der Waals surface area contributed by atoms with Gasteiger partial charge in [-0.3, -0.25) is 9.59 Å². The normalized spacial score (nSPS) is 19.4. The maximum Gasteiger partial charge on any atom is 0.255 e. The molecule has 27 heavy (non-hydrogen) atoms. The predicted molar refractivity (Wildman–Crippen MR) is 104 cm³/mol. The standard InChI is InChI=1S/C20H21ClFN3O2/c21-17-9-4-13(19(26)24-16-7-5-15(23)6-8-16)11-18(17)25-20(27)12-2-1-3-14(22)10-12/h1-4,9-11,15-16H,5-8,23H2,(H,24,26)(H,25,27). The highest BCUT2D eigenvalue weighted by Gasteiger charge is 2.21. The summed E-state index contributed by atoms with van der Waals surface area (Å²) in [6.45, 7) is 0. The van der Waals surface area contributed by atoms with Gasteiger partial charge >= 0.3 is 0 Å². The Morgan fingerprint density at radius 2 is 1.70 bits per heavy atom. The number of benzene rings is 2. The van der Waals surface area contributed by atoms with Crippen LogP contribution in [0.4, 0.5) is 10.1 Å². The first-order valence-electron chi connectivity index (χ1n) is 8.85. The summed E-state index contributed by atoms with van der Waals surface area (Å²) in [7, 11) is 0. The fourth-order valence-electron chi connectivity index (χ4n) is 3.12. The van der Waals surface area contributed by atoms with Crippen molar-refractivity contribution in [2.24, 2.45) is 5.73 Å². The van der Waals surface area contributed by atoms with Crippen LogP contribution in [-0.4, -0.2) is 23.9 Å². The number of nitrogens with one attached hydrogen (secondary N) is 2. The Kier molecular flexibility index (Phi) is 6.08. The Labute approximate surface area is 162 Å². The Hall–Kier alpha value is -2.44. The van der Waals surface area contributed by atoms with Gasteiger partial charge in [0, 0.05) is 23.2 Å². The first-order valence-corrected chi connectivity index (χ1v) is 9.23. The molecule has 1 aliphatic rings. The van der Waals surface area contributed by atoms with Crippen molar-refractivity contribution in [3.8, 4) is 0 Å². The number of anilines is 1.